The Labute approximate surface area is 169 Å². The number of nitrogens with zero attached hydrogens (tertiary/aromatic N) is 3. The molecule has 29 heavy (non-hydrogen) atoms. The van der Waals surface area contributed by atoms with Crippen LogP contribution in [-0.4, -0.2) is 9.38 Å². The fraction of sp³-hybridized carbons (Fsp3) is 0.231. The van der Waals surface area contributed by atoms with E-state index >= 15 is 0 Å². The van der Waals surface area contributed by atoms with Gasteiger partial charge >= 0.3 is 0 Å². The zero-order chi connectivity index (χ0) is 19.9. The summed E-state index contributed by atoms with van der Waals surface area (Å²) in [6, 6.07) is 13.7. The van der Waals surface area contributed by atoms with Gasteiger partial charge in [0.05, 0.1) is 33.5 Å². The van der Waals surface area contributed by atoms with Crippen LogP contribution in [0.25, 0.3) is 49.0 Å². The quantitative estimate of drug-likeness (QED) is 0.215. The van der Waals surface area contributed by atoms with Gasteiger partial charge in [-0.25, -0.2) is 4.57 Å². The number of aromatic nitrogens is 3. The first-order chi connectivity index (χ1) is 14.0. The molecule has 0 saturated heterocycles. The molecule has 0 radical (unpaired) electrons. The molecule has 0 amide bonds. The van der Waals surface area contributed by atoms with Gasteiger partial charge in [0.25, 0.3) is 0 Å². The average molecular weight is 378 g/mol. The van der Waals surface area contributed by atoms with Crippen LogP contribution in [0.3, 0.4) is 0 Å². The van der Waals surface area contributed by atoms with Crippen molar-refractivity contribution in [2.24, 2.45) is 13.0 Å². The van der Waals surface area contributed by atoms with E-state index < -0.39 is 0 Å². The number of pyridine rings is 3. The topological polar surface area (TPSA) is 21.2 Å². The molecule has 0 aliphatic carbocycles. The smallest absolute Gasteiger partial charge is 0.224 e. The van der Waals surface area contributed by atoms with Crippen LogP contribution < -0.4 is 4.57 Å². The van der Waals surface area contributed by atoms with Gasteiger partial charge in [0.1, 0.15) is 7.05 Å². The van der Waals surface area contributed by atoms with Crippen molar-refractivity contribution in [3.63, 3.8) is 0 Å². The van der Waals surface area contributed by atoms with E-state index in [2.05, 4.69) is 84.4 Å². The number of benzene rings is 2. The second-order valence-electron chi connectivity index (χ2n) is 8.83. The third kappa shape index (κ3) is 2.13. The molecule has 3 nitrogen and oxygen atoms in total. The van der Waals surface area contributed by atoms with E-state index in [9.17, 15) is 0 Å². The number of hydrogen-bond acceptors (Lipinski definition) is 1. The Kier molecular flexibility index (Phi) is 3.27. The Balaban J connectivity index is 2.01. The SMILES string of the molecule is Cc1ccc2c3ccncc3n3c4cc(CC(C)C)cc5cc[n+](C)c(c1c23)c54. The molecule has 3 heteroatoms. The molecule has 0 fully saturated rings. The van der Waals surface area contributed by atoms with E-state index in [1.807, 2.05) is 12.4 Å². The van der Waals surface area contributed by atoms with Gasteiger partial charge in [-0.1, -0.05) is 32.0 Å². The molecule has 4 heterocycles. The minimum Gasteiger partial charge on any atom is -0.306 e. The summed E-state index contributed by atoms with van der Waals surface area (Å²) in [5.41, 5.74) is 7.82. The summed E-state index contributed by atoms with van der Waals surface area (Å²) in [7, 11) is 2.17. The molecule has 142 valence electrons. The van der Waals surface area contributed by atoms with E-state index in [0.29, 0.717) is 5.92 Å². The van der Waals surface area contributed by atoms with Crippen molar-refractivity contribution in [1.82, 2.24) is 9.38 Å². The van der Waals surface area contributed by atoms with E-state index in [0.717, 1.165) is 6.42 Å². The van der Waals surface area contributed by atoms with Crippen molar-refractivity contribution < 1.29 is 4.57 Å². The Morgan fingerprint density at radius 1 is 1.00 bits per heavy atom. The third-order valence-electron chi connectivity index (χ3n) is 6.34. The van der Waals surface area contributed by atoms with Crippen LogP contribution in [0.4, 0.5) is 0 Å². The third-order valence-corrected chi connectivity index (χ3v) is 6.34. The standard InChI is InChI=1S/C26H24N3/c1-15(2)11-17-12-18-8-10-28(4)26-23-16(3)5-6-20-19-7-9-27-14-22(19)29(25(20)23)21(13-17)24(18)26/h5-10,12-15H,11H2,1-4H3/q+1. The van der Waals surface area contributed by atoms with E-state index in [1.165, 1.54) is 60.1 Å². The summed E-state index contributed by atoms with van der Waals surface area (Å²) in [5.74, 6) is 0.625. The summed E-state index contributed by atoms with van der Waals surface area (Å²) in [5, 5.41) is 6.58. The normalized spacial score (nSPS) is 12.6. The maximum Gasteiger partial charge on any atom is 0.224 e. The van der Waals surface area contributed by atoms with E-state index in [-0.39, 0.29) is 0 Å². The molecule has 0 unspecified atom stereocenters. The van der Waals surface area contributed by atoms with Crippen LogP contribution in [0.2, 0.25) is 0 Å². The summed E-state index contributed by atoms with van der Waals surface area (Å²) < 4.78 is 4.74. The summed E-state index contributed by atoms with van der Waals surface area (Å²) in [6.45, 7) is 6.81. The fourth-order valence-corrected chi connectivity index (χ4v) is 5.21. The second kappa shape index (κ2) is 5.66. The predicted molar refractivity (Wildman–Crippen MR) is 121 cm³/mol. The lowest BCUT2D eigenvalue weighted by molar-refractivity contribution is -0.643. The summed E-state index contributed by atoms with van der Waals surface area (Å²) >= 11 is 0. The van der Waals surface area contributed by atoms with Crippen molar-refractivity contribution in [2.45, 2.75) is 27.2 Å². The van der Waals surface area contributed by atoms with Gasteiger partial charge in [-0.2, -0.15) is 0 Å². The molecule has 0 atom stereocenters. The minimum atomic E-state index is 0.625. The first-order valence-corrected chi connectivity index (χ1v) is 10.4. The maximum absolute atomic E-state index is 4.48. The first kappa shape index (κ1) is 16.7. The van der Waals surface area contributed by atoms with Crippen LogP contribution >= 0.6 is 0 Å². The molecule has 2 aromatic carbocycles. The molecule has 0 bridgehead atoms. The fourth-order valence-electron chi connectivity index (χ4n) is 5.21. The molecule has 4 aromatic heterocycles. The Morgan fingerprint density at radius 2 is 1.86 bits per heavy atom. The highest BCUT2D eigenvalue weighted by molar-refractivity contribution is 6.25. The van der Waals surface area contributed by atoms with Gasteiger partial charge in [-0.3, -0.25) is 4.98 Å². The van der Waals surface area contributed by atoms with Gasteiger partial charge in [0.2, 0.25) is 5.52 Å². The van der Waals surface area contributed by atoms with Crippen LogP contribution in [0.15, 0.2) is 55.0 Å². The van der Waals surface area contributed by atoms with Gasteiger partial charge in [0.15, 0.2) is 6.20 Å². The van der Waals surface area contributed by atoms with Gasteiger partial charge in [0, 0.05) is 23.0 Å². The zero-order valence-electron chi connectivity index (χ0n) is 17.3. The highest BCUT2D eigenvalue weighted by Crippen LogP contribution is 2.40. The Hall–Kier alpha value is -3.20. The monoisotopic (exact) mass is 378 g/mol. The number of fused-ring (bicyclic) bond motifs is 5. The number of hydrogen-bond donors (Lipinski definition) is 0. The summed E-state index contributed by atoms with van der Waals surface area (Å²) in [6.07, 6.45) is 7.21. The molecule has 0 aliphatic heterocycles. The largest absolute Gasteiger partial charge is 0.306 e. The van der Waals surface area contributed by atoms with Crippen molar-refractivity contribution in [2.75, 3.05) is 0 Å². The lowest BCUT2D eigenvalue weighted by Gasteiger charge is -2.15. The van der Waals surface area contributed by atoms with Gasteiger partial charge in [-0.15, -0.1) is 0 Å². The molecule has 6 aromatic rings. The molecule has 0 aliphatic rings. The minimum absolute atomic E-state index is 0.625. The first-order valence-electron chi connectivity index (χ1n) is 10.4. The second-order valence-corrected chi connectivity index (χ2v) is 8.83. The maximum atomic E-state index is 4.48. The molecular formula is C26H24N3+. The molecule has 6 rings (SSSR count). The lowest BCUT2D eigenvalue weighted by atomic mass is 9.96. The van der Waals surface area contributed by atoms with Crippen molar-refractivity contribution in [1.29, 1.82) is 0 Å². The summed E-state index contributed by atoms with van der Waals surface area (Å²) in [4.78, 5) is 4.48. The van der Waals surface area contributed by atoms with Crippen molar-refractivity contribution >= 4 is 49.0 Å². The molecular weight excluding hydrogens is 354 g/mol. The van der Waals surface area contributed by atoms with Crippen molar-refractivity contribution in [3.05, 3.63) is 66.1 Å². The zero-order valence-corrected chi connectivity index (χ0v) is 17.3. The number of aryl methyl sites for hydroxylation is 2. The van der Waals surface area contributed by atoms with Crippen LogP contribution in [-0.2, 0) is 13.5 Å². The van der Waals surface area contributed by atoms with Crippen LogP contribution in [0, 0.1) is 12.8 Å². The molecule has 0 N–H and O–H groups in total. The molecule has 0 saturated carbocycles. The Morgan fingerprint density at radius 3 is 2.69 bits per heavy atom. The van der Waals surface area contributed by atoms with E-state index in [1.54, 1.807) is 0 Å². The highest BCUT2D eigenvalue weighted by atomic mass is 15.0. The van der Waals surface area contributed by atoms with Gasteiger partial charge in [-0.05, 0) is 47.9 Å². The van der Waals surface area contributed by atoms with Crippen molar-refractivity contribution in [3.8, 4) is 0 Å². The number of rotatable bonds is 2. The van der Waals surface area contributed by atoms with E-state index in [4.69, 9.17) is 0 Å². The van der Waals surface area contributed by atoms with Crippen LogP contribution in [0.5, 0.6) is 0 Å². The highest BCUT2D eigenvalue weighted by Gasteiger charge is 2.24. The van der Waals surface area contributed by atoms with Gasteiger partial charge < -0.3 is 4.40 Å². The molecule has 0 spiro atoms. The Bertz CT molecular complexity index is 1570. The lowest BCUT2D eigenvalue weighted by Crippen LogP contribution is -2.29. The van der Waals surface area contributed by atoms with Crippen LogP contribution in [0.1, 0.15) is 25.0 Å². The predicted octanol–water partition coefficient (Wildman–Crippen LogP) is 5.72. The average Bonchev–Trinajstić information content (AvgIpc) is 3.03.